The van der Waals surface area contributed by atoms with Crippen molar-refractivity contribution in [1.29, 1.82) is 0 Å². The van der Waals surface area contributed by atoms with Gasteiger partial charge in [0.15, 0.2) is 0 Å². The summed E-state index contributed by atoms with van der Waals surface area (Å²) >= 11 is 5.65. The van der Waals surface area contributed by atoms with Crippen molar-refractivity contribution in [3.8, 4) is 0 Å². The molecule has 1 aliphatic rings. The van der Waals surface area contributed by atoms with Crippen molar-refractivity contribution >= 4 is 29.3 Å². The molecule has 0 aliphatic heterocycles. The van der Waals surface area contributed by atoms with Crippen molar-refractivity contribution in [2.75, 3.05) is 18.4 Å². The molecule has 1 saturated carbocycles. The van der Waals surface area contributed by atoms with E-state index in [2.05, 4.69) is 10.6 Å². The summed E-state index contributed by atoms with van der Waals surface area (Å²) in [5, 5.41) is 14.3. The number of hydrogen-bond acceptors (Lipinski definition) is 3. The van der Waals surface area contributed by atoms with Gasteiger partial charge in [-0.3, -0.25) is 9.69 Å². The monoisotopic (exact) mass is 343 g/mol. The Bertz CT molecular complexity index is 593. The predicted molar refractivity (Wildman–Crippen MR) is 85.3 cm³/mol. The minimum Gasteiger partial charge on any atom is -0.480 e. The maximum Gasteiger partial charge on any atom is 0.319 e. The van der Waals surface area contributed by atoms with Gasteiger partial charge >= 0.3 is 12.0 Å². The standard InChI is InChI=1S/C15H19ClFN3O3/c1-2-20(8-14(21)22)11-6-10(7-11)18-15(23)19-13-4-3-9(16)5-12(13)17/h3-5,10-11H,2,6-8H2,1H3,(H,21,22)(H2,18,19,23). The molecule has 1 aromatic carbocycles. The number of carbonyl (C=O) groups is 2. The predicted octanol–water partition coefficient (Wildman–Crippen LogP) is 2.54. The van der Waals surface area contributed by atoms with Gasteiger partial charge in [-0.15, -0.1) is 0 Å². The zero-order valence-electron chi connectivity index (χ0n) is 12.7. The van der Waals surface area contributed by atoms with Crippen LogP contribution < -0.4 is 10.6 Å². The third-order valence-corrected chi connectivity index (χ3v) is 4.12. The Kier molecular flexibility index (Phi) is 5.79. The highest BCUT2D eigenvalue weighted by atomic mass is 35.5. The summed E-state index contributed by atoms with van der Waals surface area (Å²) in [4.78, 5) is 24.5. The number of halogens is 2. The SMILES string of the molecule is CCN(CC(=O)O)C1CC(NC(=O)Nc2ccc(Cl)cc2F)C1. The molecule has 1 aliphatic carbocycles. The second-order valence-electron chi connectivity index (χ2n) is 5.50. The molecule has 0 spiro atoms. The van der Waals surface area contributed by atoms with Crippen molar-refractivity contribution in [3.05, 3.63) is 29.0 Å². The minimum absolute atomic E-state index is 0.00390. The number of nitrogens with zero attached hydrogens (tertiary/aromatic N) is 1. The van der Waals surface area contributed by atoms with Gasteiger partial charge in [0.25, 0.3) is 0 Å². The second kappa shape index (κ2) is 7.61. The fourth-order valence-corrected chi connectivity index (χ4v) is 2.77. The quantitative estimate of drug-likeness (QED) is 0.741. The first-order chi connectivity index (χ1) is 10.9. The average molecular weight is 344 g/mol. The Morgan fingerprint density at radius 1 is 1.43 bits per heavy atom. The highest BCUT2D eigenvalue weighted by Gasteiger charge is 2.34. The normalized spacial score (nSPS) is 20.0. The second-order valence-corrected chi connectivity index (χ2v) is 5.94. The molecule has 0 heterocycles. The number of carboxylic acid groups (broad SMARTS) is 1. The molecule has 0 radical (unpaired) electrons. The van der Waals surface area contributed by atoms with Crippen molar-refractivity contribution in [3.63, 3.8) is 0 Å². The third kappa shape index (κ3) is 4.80. The molecule has 23 heavy (non-hydrogen) atoms. The zero-order valence-corrected chi connectivity index (χ0v) is 13.4. The van der Waals surface area contributed by atoms with E-state index in [0.717, 1.165) is 6.07 Å². The number of likely N-dealkylation sites (N-methyl/N-ethyl adjacent to an activating group) is 1. The molecule has 126 valence electrons. The van der Waals surface area contributed by atoms with E-state index in [1.54, 1.807) is 0 Å². The maximum absolute atomic E-state index is 13.6. The Labute approximate surface area is 138 Å². The lowest BCUT2D eigenvalue weighted by Gasteiger charge is -2.42. The molecular formula is C15H19ClFN3O3. The van der Waals surface area contributed by atoms with Crippen molar-refractivity contribution in [1.82, 2.24) is 10.2 Å². The summed E-state index contributed by atoms with van der Waals surface area (Å²) in [5.74, 6) is -1.46. The van der Waals surface area contributed by atoms with E-state index < -0.39 is 17.8 Å². The number of benzene rings is 1. The number of nitrogens with one attached hydrogen (secondary N) is 2. The van der Waals surface area contributed by atoms with Crippen LogP contribution in [0.4, 0.5) is 14.9 Å². The van der Waals surface area contributed by atoms with Gasteiger partial charge in [-0.2, -0.15) is 0 Å². The highest BCUT2D eigenvalue weighted by Crippen LogP contribution is 2.26. The van der Waals surface area contributed by atoms with Crippen LogP contribution in [-0.2, 0) is 4.79 Å². The molecule has 6 nitrogen and oxygen atoms in total. The van der Waals surface area contributed by atoms with Gasteiger partial charge in [0.05, 0.1) is 12.2 Å². The van der Waals surface area contributed by atoms with Crippen LogP contribution in [0.15, 0.2) is 18.2 Å². The van der Waals surface area contributed by atoms with Crippen molar-refractivity contribution in [2.24, 2.45) is 0 Å². The molecule has 3 N–H and O–H groups in total. The molecule has 0 saturated heterocycles. The third-order valence-electron chi connectivity index (χ3n) is 3.89. The van der Waals surface area contributed by atoms with Crippen LogP contribution in [0.3, 0.4) is 0 Å². The Morgan fingerprint density at radius 2 is 2.13 bits per heavy atom. The number of anilines is 1. The first kappa shape index (κ1) is 17.5. The van der Waals surface area contributed by atoms with Crippen molar-refractivity contribution in [2.45, 2.75) is 31.8 Å². The molecule has 1 fully saturated rings. The lowest BCUT2D eigenvalue weighted by molar-refractivity contribution is -0.139. The van der Waals surface area contributed by atoms with Gasteiger partial charge in [-0.05, 0) is 37.6 Å². The maximum atomic E-state index is 13.6. The number of amides is 2. The lowest BCUT2D eigenvalue weighted by Crippen LogP contribution is -2.55. The van der Waals surface area contributed by atoms with E-state index in [9.17, 15) is 14.0 Å². The number of hydrogen-bond donors (Lipinski definition) is 3. The molecule has 2 rings (SSSR count). The molecule has 0 aromatic heterocycles. The van der Waals surface area contributed by atoms with E-state index in [1.165, 1.54) is 12.1 Å². The van der Waals surface area contributed by atoms with Crippen molar-refractivity contribution < 1.29 is 19.1 Å². The summed E-state index contributed by atoms with van der Waals surface area (Å²) in [6.07, 6.45) is 1.36. The summed E-state index contributed by atoms with van der Waals surface area (Å²) in [5.41, 5.74) is 0.0591. The Hall–Kier alpha value is -1.86. The van der Waals surface area contributed by atoms with Crippen LogP contribution >= 0.6 is 11.6 Å². The number of carbonyl (C=O) groups excluding carboxylic acids is 1. The van der Waals surface area contributed by atoms with Gasteiger partial charge in [-0.1, -0.05) is 18.5 Å². The van der Waals surface area contributed by atoms with E-state index in [-0.39, 0.29) is 29.3 Å². The zero-order chi connectivity index (χ0) is 17.0. The van der Waals surface area contributed by atoms with Gasteiger partial charge in [-0.25, -0.2) is 9.18 Å². The lowest BCUT2D eigenvalue weighted by atomic mass is 9.85. The molecule has 2 amide bonds. The molecular weight excluding hydrogens is 325 g/mol. The number of carboxylic acids is 1. The van der Waals surface area contributed by atoms with Crippen LogP contribution in [0.5, 0.6) is 0 Å². The number of urea groups is 1. The van der Waals surface area contributed by atoms with E-state index in [1.807, 2.05) is 11.8 Å². The highest BCUT2D eigenvalue weighted by molar-refractivity contribution is 6.30. The van der Waals surface area contributed by atoms with Gasteiger partial charge in [0, 0.05) is 17.1 Å². The molecule has 0 bridgehead atoms. The van der Waals surface area contributed by atoms with Gasteiger partial charge in [0.2, 0.25) is 0 Å². The average Bonchev–Trinajstić information content (AvgIpc) is 2.43. The topological polar surface area (TPSA) is 81.7 Å². The fourth-order valence-electron chi connectivity index (χ4n) is 2.61. The first-order valence-electron chi connectivity index (χ1n) is 7.37. The fraction of sp³-hybridized carbons (Fsp3) is 0.467. The summed E-state index contributed by atoms with van der Waals surface area (Å²) < 4.78 is 13.6. The smallest absolute Gasteiger partial charge is 0.319 e. The van der Waals surface area contributed by atoms with Crippen LogP contribution in [0.1, 0.15) is 19.8 Å². The molecule has 0 unspecified atom stereocenters. The number of rotatable bonds is 6. The Morgan fingerprint density at radius 3 is 2.70 bits per heavy atom. The van der Waals surface area contributed by atoms with Gasteiger partial charge in [0.1, 0.15) is 5.82 Å². The summed E-state index contributed by atoms with van der Waals surface area (Å²) in [7, 11) is 0. The summed E-state index contributed by atoms with van der Waals surface area (Å²) in [6.45, 7) is 2.54. The molecule has 0 atom stereocenters. The first-order valence-corrected chi connectivity index (χ1v) is 7.75. The van der Waals surface area contributed by atoms with E-state index in [4.69, 9.17) is 16.7 Å². The van der Waals surface area contributed by atoms with E-state index in [0.29, 0.717) is 19.4 Å². The summed E-state index contributed by atoms with van der Waals surface area (Å²) in [6, 6.07) is 3.63. The Balaban J connectivity index is 1.78. The molecule has 8 heteroatoms. The van der Waals surface area contributed by atoms with Crippen LogP contribution in [-0.4, -0.2) is 47.2 Å². The van der Waals surface area contributed by atoms with Gasteiger partial charge < -0.3 is 15.7 Å². The minimum atomic E-state index is -0.862. The number of aliphatic carboxylic acids is 1. The molecule has 1 aromatic rings. The van der Waals surface area contributed by atoms with Crippen LogP contribution in [0, 0.1) is 5.82 Å². The van der Waals surface area contributed by atoms with Crippen LogP contribution in [0.2, 0.25) is 5.02 Å². The largest absolute Gasteiger partial charge is 0.480 e. The van der Waals surface area contributed by atoms with E-state index >= 15 is 0 Å². The van der Waals surface area contributed by atoms with Crippen LogP contribution in [0.25, 0.3) is 0 Å².